The van der Waals surface area contributed by atoms with E-state index in [2.05, 4.69) is 18.8 Å². The molecule has 158 valence electrons. The quantitative estimate of drug-likeness (QED) is 0.272. The monoisotopic (exact) mass is 391 g/mol. The average Bonchev–Trinajstić information content (AvgIpc) is 2.71. The van der Waals surface area contributed by atoms with E-state index in [1.807, 2.05) is 6.92 Å². The van der Waals surface area contributed by atoms with Gasteiger partial charge in [0.05, 0.1) is 13.2 Å². The predicted octanol–water partition coefficient (Wildman–Crippen LogP) is 5.97. The Morgan fingerprint density at radius 3 is 2.04 bits per heavy atom. The zero-order valence-corrected chi connectivity index (χ0v) is 17.9. The fourth-order valence-electron chi connectivity index (χ4n) is 3.00. The highest BCUT2D eigenvalue weighted by atomic mass is 16.5. The molecule has 1 heterocycles. The molecule has 1 aromatic heterocycles. The van der Waals surface area contributed by atoms with Crippen LogP contribution in [0.4, 0.5) is 0 Å². The number of hydrogen-bond donors (Lipinski definition) is 0. The van der Waals surface area contributed by atoms with Gasteiger partial charge in [-0.25, -0.2) is 14.6 Å². The first-order valence-corrected chi connectivity index (χ1v) is 10.9. The van der Waals surface area contributed by atoms with E-state index in [-0.39, 0.29) is 11.4 Å². The maximum atomic E-state index is 12.1. The first kappa shape index (κ1) is 24.1. The van der Waals surface area contributed by atoms with E-state index in [0.717, 1.165) is 25.7 Å². The zero-order chi connectivity index (χ0) is 20.6. The van der Waals surface area contributed by atoms with Crippen molar-refractivity contribution >= 4 is 11.9 Å². The maximum Gasteiger partial charge on any atom is 0.356 e. The minimum atomic E-state index is -0.499. The molecule has 0 aromatic carbocycles. The topological polar surface area (TPSA) is 65.5 Å². The Morgan fingerprint density at radius 2 is 1.43 bits per heavy atom. The second-order valence-electron chi connectivity index (χ2n) is 7.51. The number of unbranched alkanes of at least 4 members (excludes halogenated alkanes) is 7. The largest absolute Gasteiger partial charge is 0.461 e. The highest BCUT2D eigenvalue weighted by molar-refractivity contribution is 5.91. The SMILES string of the molecule is CCCCCCCCCCOC(=O)c1cccc(C(=O)OCC(C)CCC)n1. The normalized spacial score (nSPS) is 11.8. The van der Waals surface area contributed by atoms with E-state index in [4.69, 9.17) is 9.47 Å². The summed E-state index contributed by atoms with van der Waals surface area (Å²) in [6.07, 6.45) is 11.6. The average molecular weight is 392 g/mol. The Morgan fingerprint density at radius 1 is 0.857 bits per heavy atom. The summed E-state index contributed by atoms with van der Waals surface area (Å²) in [7, 11) is 0. The Labute approximate surface area is 170 Å². The molecule has 1 atom stereocenters. The van der Waals surface area contributed by atoms with E-state index in [9.17, 15) is 9.59 Å². The molecule has 0 bridgehead atoms. The molecule has 0 fully saturated rings. The van der Waals surface area contributed by atoms with Gasteiger partial charge >= 0.3 is 11.9 Å². The van der Waals surface area contributed by atoms with Gasteiger partial charge in [-0.3, -0.25) is 0 Å². The van der Waals surface area contributed by atoms with Crippen molar-refractivity contribution in [1.82, 2.24) is 4.98 Å². The molecule has 0 aliphatic rings. The minimum absolute atomic E-state index is 0.144. The van der Waals surface area contributed by atoms with Gasteiger partial charge in [-0.05, 0) is 30.9 Å². The van der Waals surface area contributed by atoms with Crippen LogP contribution in [-0.2, 0) is 9.47 Å². The zero-order valence-electron chi connectivity index (χ0n) is 17.9. The van der Waals surface area contributed by atoms with Gasteiger partial charge in [0, 0.05) is 0 Å². The lowest BCUT2D eigenvalue weighted by Crippen LogP contribution is -2.15. The highest BCUT2D eigenvalue weighted by Crippen LogP contribution is 2.10. The van der Waals surface area contributed by atoms with Crippen LogP contribution in [0.25, 0.3) is 0 Å². The van der Waals surface area contributed by atoms with Gasteiger partial charge in [-0.1, -0.05) is 78.2 Å². The molecule has 0 aliphatic heterocycles. The van der Waals surface area contributed by atoms with Crippen molar-refractivity contribution in [3.05, 3.63) is 29.6 Å². The third kappa shape index (κ3) is 10.4. The lowest BCUT2D eigenvalue weighted by Gasteiger charge is -2.11. The van der Waals surface area contributed by atoms with Crippen molar-refractivity contribution in [2.24, 2.45) is 5.92 Å². The van der Waals surface area contributed by atoms with E-state index >= 15 is 0 Å². The van der Waals surface area contributed by atoms with Crippen LogP contribution in [-0.4, -0.2) is 30.1 Å². The van der Waals surface area contributed by atoms with E-state index in [1.165, 1.54) is 38.5 Å². The summed E-state index contributed by atoms with van der Waals surface area (Å²) in [5.74, 6) is -0.675. The molecule has 5 heteroatoms. The van der Waals surface area contributed by atoms with Gasteiger partial charge in [0.25, 0.3) is 0 Å². The van der Waals surface area contributed by atoms with Crippen LogP contribution in [0, 0.1) is 5.92 Å². The van der Waals surface area contributed by atoms with Crippen LogP contribution < -0.4 is 0 Å². The standard InChI is InChI=1S/C23H37NO4/c1-4-6-7-8-9-10-11-12-17-27-22(25)20-15-13-16-21(24-20)23(26)28-18-19(3)14-5-2/h13,15-16,19H,4-12,14,17-18H2,1-3H3. The van der Waals surface area contributed by atoms with Crippen LogP contribution in [0.5, 0.6) is 0 Å². The molecular formula is C23H37NO4. The van der Waals surface area contributed by atoms with Crippen molar-refractivity contribution in [3.8, 4) is 0 Å². The summed E-state index contributed by atoms with van der Waals surface area (Å²) in [6, 6.07) is 4.75. The molecular weight excluding hydrogens is 354 g/mol. The third-order valence-electron chi connectivity index (χ3n) is 4.68. The third-order valence-corrected chi connectivity index (χ3v) is 4.68. The van der Waals surface area contributed by atoms with Gasteiger partial charge in [-0.15, -0.1) is 0 Å². The smallest absolute Gasteiger partial charge is 0.356 e. The Hall–Kier alpha value is -1.91. The molecule has 1 unspecified atom stereocenters. The number of ether oxygens (including phenoxy) is 2. The molecule has 0 radical (unpaired) electrons. The molecule has 0 N–H and O–H groups in total. The molecule has 0 saturated carbocycles. The molecule has 1 rings (SSSR count). The number of rotatable bonds is 15. The van der Waals surface area contributed by atoms with Crippen LogP contribution in [0.1, 0.15) is 106 Å². The van der Waals surface area contributed by atoms with E-state index in [1.54, 1.807) is 18.2 Å². The number of esters is 2. The molecule has 0 amide bonds. The van der Waals surface area contributed by atoms with Gasteiger partial charge in [0.1, 0.15) is 11.4 Å². The lowest BCUT2D eigenvalue weighted by molar-refractivity contribution is 0.0435. The molecule has 5 nitrogen and oxygen atoms in total. The first-order valence-electron chi connectivity index (χ1n) is 10.9. The van der Waals surface area contributed by atoms with Crippen LogP contribution in [0.3, 0.4) is 0 Å². The molecule has 28 heavy (non-hydrogen) atoms. The van der Waals surface area contributed by atoms with Gasteiger partial charge in [0.15, 0.2) is 0 Å². The Bertz CT molecular complexity index is 573. The van der Waals surface area contributed by atoms with Crippen molar-refractivity contribution in [3.63, 3.8) is 0 Å². The summed E-state index contributed by atoms with van der Waals surface area (Å²) in [5, 5.41) is 0. The summed E-state index contributed by atoms with van der Waals surface area (Å²) < 4.78 is 10.6. The summed E-state index contributed by atoms with van der Waals surface area (Å²) in [6.45, 7) is 7.11. The Kier molecular flexibility index (Phi) is 13.0. The summed E-state index contributed by atoms with van der Waals surface area (Å²) in [5.41, 5.74) is 0.292. The molecule has 0 saturated heterocycles. The summed E-state index contributed by atoms with van der Waals surface area (Å²) >= 11 is 0. The Balaban J connectivity index is 2.30. The molecule has 0 spiro atoms. The van der Waals surface area contributed by atoms with Gasteiger partial charge < -0.3 is 9.47 Å². The molecule has 1 aromatic rings. The van der Waals surface area contributed by atoms with Gasteiger partial charge in [0.2, 0.25) is 0 Å². The number of pyridine rings is 1. The molecule has 0 aliphatic carbocycles. The van der Waals surface area contributed by atoms with Crippen LogP contribution in [0.15, 0.2) is 18.2 Å². The van der Waals surface area contributed by atoms with Crippen molar-refractivity contribution in [2.75, 3.05) is 13.2 Å². The number of aromatic nitrogens is 1. The minimum Gasteiger partial charge on any atom is -0.461 e. The number of carbonyl (C=O) groups is 2. The van der Waals surface area contributed by atoms with Crippen molar-refractivity contribution in [2.45, 2.75) is 85.0 Å². The van der Waals surface area contributed by atoms with Crippen LogP contribution in [0.2, 0.25) is 0 Å². The fourth-order valence-corrected chi connectivity index (χ4v) is 3.00. The predicted molar refractivity (Wildman–Crippen MR) is 111 cm³/mol. The first-order chi connectivity index (χ1) is 13.6. The maximum absolute atomic E-state index is 12.1. The van der Waals surface area contributed by atoms with Crippen molar-refractivity contribution < 1.29 is 19.1 Å². The number of carbonyl (C=O) groups excluding carboxylic acids is 2. The number of nitrogens with zero attached hydrogens (tertiary/aromatic N) is 1. The number of hydrogen-bond acceptors (Lipinski definition) is 5. The van der Waals surface area contributed by atoms with Gasteiger partial charge in [-0.2, -0.15) is 0 Å². The highest BCUT2D eigenvalue weighted by Gasteiger charge is 2.15. The summed E-state index contributed by atoms with van der Waals surface area (Å²) in [4.78, 5) is 28.4. The van der Waals surface area contributed by atoms with E-state index in [0.29, 0.717) is 19.1 Å². The second-order valence-corrected chi connectivity index (χ2v) is 7.51. The van der Waals surface area contributed by atoms with E-state index < -0.39 is 11.9 Å². The van der Waals surface area contributed by atoms with Crippen molar-refractivity contribution in [1.29, 1.82) is 0 Å². The van der Waals surface area contributed by atoms with Crippen LogP contribution >= 0.6 is 0 Å². The second kappa shape index (κ2) is 15.1. The fraction of sp³-hybridized carbons (Fsp3) is 0.696. The lowest BCUT2D eigenvalue weighted by atomic mass is 10.1.